The van der Waals surface area contributed by atoms with Gasteiger partial charge in [-0.05, 0) is 55.3 Å². The monoisotopic (exact) mass is 418 g/mol. The molecule has 0 saturated carbocycles. The summed E-state index contributed by atoms with van der Waals surface area (Å²) in [6.07, 6.45) is -0.732. The van der Waals surface area contributed by atoms with Gasteiger partial charge in [-0.1, -0.05) is 23.7 Å². The average molecular weight is 419 g/mol. The first-order valence-corrected chi connectivity index (χ1v) is 10.2. The summed E-state index contributed by atoms with van der Waals surface area (Å²) >= 11 is 5.87. The number of ether oxygens (including phenoxy) is 1. The van der Waals surface area contributed by atoms with Crippen LogP contribution < -0.4 is 10.1 Å². The van der Waals surface area contributed by atoms with E-state index in [1.165, 1.54) is 0 Å². The fourth-order valence-electron chi connectivity index (χ4n) is 3.42. The first-order chi connectivity index (χ1) is 13.9. The number of carbonyl (C=O) groups is 1. The Morgan fingerprint density at radius 1 is 1.24 bits per heavy atom. The van der Waals surface area contributed by atoms with E-state index in [4.69, 9.17) is 16.3 Å². The third kappa shape index (κ3) is 5.48. The van der Waals surface area contributed by atoms with Crippen molar-refractivity contribution in [2.45, 2.75) is 31.6 Å². The highest BCUT2D eigenvalue weighted by atomic mass is 35.5. The van der Waals surface area contributed by atoms with Crippen molar-refractivity contribution < 1.29 is 19.7 Å². The Morgan fingerprint density at radius 2 is 1.93 bits per heavy atom. The van der Waals surface area contributed by atoms with E-state index in [1.54, 1.807) is 29.2 Å². The van der Waals surface area contributed by atoms with E-state index >= 15 is 0 Å². The molecule has 1 amide bonds. The maximum Gasteiger partial charge on any atom is 0.253 e. The Balaban J connectivity index is 1.51. The number of β-amino-alcohol motifs (C(OH)–C–C–N with tert-alkyl or cyclic N) is 1. The molecule has 1 aliphatic rings. The summed E-state index contributed by atoms with van der Waals surface area (Å²) in [5.41, 5.74) is 0.296. The molecule has 0 unspecified atom stereocenters. The first kappa shape index (κ1) is 21.6. The Labute approximate surface area is 176 Å². The second kappa shape index (κ2) is 9.59. The molecule has 29 heavy (non-hydrogen) atoms. The fourth-order valence-corrected chi connectivity index (χ4v) is 3.55. The normalized spacial score (nSPS) is 21.8. The second-order valence-electron chi connectivity index (χ2n) is 7.31. The molecule has 1 fully saturated rings. The highest BCUT2D eigenvalue weighted by molar-refractivity contribution is 6.30. The molecule has 1 heterocycles. The van der Waals surface area contributed by atoms with Crippen LogP contribution in [0.1, 0.15) is 29.3 Å². The predicted octanol–water partition coefficient (Wildman–Crippen LogP) is 2.47. The lowest BCUT2D eigenvalue weighted by molar-refractivity contribution is -0.110. The van der Waals surface area contributed by atoms with E-state index in [9.17, 15) is 15.0 Å². The topological polar surface area (TPSA) is 82.0 Å². The number of carbonyl (C=O) groups excluding carboxylic acids is 1. The summed E-state index contributed by atoms with van der Waals surface area (Å²) in [5.74, 6) is 0.646. The van der Waals surface area contributed by atoms with Crippen molar-refractivity contribution in [1.29, 1.82) is 0 Å². The largest absolute Gasteiger partial charge is 0.494 e. The molecular formula is C22H27ClN2O4. The highest BCUT2D eigenvalue weighted by Gasteiger charge is 2.41. The smallest absolute Gasteiger partial charge is 0.253 e. The van der Waals surface area contributed by atoms with Crippen LogP contribution in [0.3, 0.4) is 0 Å². The van der Waals surface area contributed by atoms with Crippen LogP contribution in [0, 0.1) is 0 Å². The number of piperidine rings is 1. The van der Waals surface area contributed by atoms with E-state index in [-0.39, 0.29) is 19.0 Å². The van der Waals surface area contributed by atoms with Gasteiger partial charge in [-0.15, -0.1) is 0 Å². The van der Waals surface area contributed by atoms with Gasteiger partial charge in [-0.2, -0.15) is 0 Å². The van der Waals surface area contributed by atoms with Gasteiger partial charge in [0.2, 0.25) is 0 Å². The fraction of sp³-hybridized carbons (Fsp3) is 0.409. The minimum atomic E-state index is -1.28. The Morgan fingerprint density at radius 3 is 2.55 bits per heavy atom. The molecule has 1 aliphatic heterocycles. The van der Waals surface area contributed by atoms with E-state index in [0.29, 0.717) is 36.7 Å². The van der Waals surface area contributed by atoms with Crippen LogP contribution in [-0.4, -0.2) is 59.0 Å². The maximum atomic E-state index is 12.6. The van der Waals surface area contributed by atoms with Crippen LogP contribution >= 0.6 is 11.6 Å². The molecule has 2 aromatic rings. The summed E-state index contributed by atoms with van der Waals surface area (Å²) < 4.78 is 5.43. The molecular weight excluding hydrogens is 392 g/mol. The number of aliphatic hydroxyl groups is 2. The van der Waals surface area contributed by atoms with E-state index in [0.717, 1.165) is 11.3 Å². The molecule has 1 saturated heterocycles. The first-order valence-electron chi connectivity index (χ1n) is 9.79. The predicted molar refractivity (Wildman–Crippen MR) is 112 cm³/mol. The third-order valence-corrected chi connectivity index (χ3v) is 5.45. The number of hydrogen-bond donors (Lipinski definition) is 3. The van der Waals surface area contributed by atoms with Crippen molar-refractivity contribution in [3.8, 4) is 5.75 Å². The van der Waals surface area contributed by atoms with Crippen molar-refractivity contribution in [2.75, 3.05) is 26.2 Å². The van der Waals surface area contributed by atoms with Gasteiger partial charge in [-0.25, -0.2) is 0 Å². The van der Waals surface area contributed by atoms with Gasteiger partial charge in [0.25, 0.3) is 5.91 Å². The van der Waals surface area contributed by atoms with Crippen molar-refractivity contribution in [3.05, 3.63) is 64.7 Å². The van der Waals surface area contributed by atoms with Gasteiger partial charge in [0, 0.05) is 36.8 Å². The molecule has 3 rings (SSSR count). The summed E-state index contributed by atoms with van der Waals surface area (Å²) in [5, 5.41) is 25.1. The van der Waals surface area contributed by atoms with Crippen molar-refractivity contribution >= 4 is 17.5 Å². The molecule has 156 valence electrons. The number of rotatable bonds is 7. The number of hydrogen-bond acceptors (Lipinski definition) is 5. The standard InChI is InChI=1S/C22H27ClN2O4/c1-2-29-19-9-3-16(4-10-19)13-24-15-22(28)11-12-25(14-20(22)26)21(27)17-5-7-18(23)8-6-17/h3-10,20,24,26,28H,2,11-15H2,1H3/t20-,22-/m0/s1. The number of nitrogens with one attached hydrogen (secondary N) is 1. The van der Waals surface area contributed by atoms with E-state index in [2.05, 4.69) is 5.32 Å². The molecule has 6 nitrogen and oxygen atoms in total. The van der Waals surface area contributed by atoms with Gasteiger partial charge in [0.05, 0.1) is 6.61 Å². The van der Waals surface area contributed by atoms with E-state index in [1.807, 2.05) is 31.2 Å². The molecule has 2 atom stereocenters. The lowest BCUT2D eigenvalue weighted by Crippen LogP contribution is -2.60. The minimum Gasteiger partial charge on any atom is -0.494 e. The molecule has 0 bridgehead atoms. The highest BCUT2D eigenvalue weighted by Crippen LogP contribution is 2.24. The maximum absolute atomic E-state index is 12.6. The number of likely N-dealkylation sites (tertiary alicyclic amines) is 1. The molecule has 0 aliphatic carbocycles. The average Bonchev–Trinajstić information content (AvgIpc) is 2.72. The van der Waals surface area contributed by atoms with Gasteiger partial charge in [-0.3, -0.25) is 4.79 Å². The molecule has 7 heteroatoms. The number of benzene rings is 2. The zero-order chi connectivity index (χ0) is 20.9. The lowest BCUT2D eigenvalue weighted by atomic mass is 9.88. The van der Waals surface area contributed by atoms with Crippen LogP contribution in [0.4, 0.5) is 0 Å². The lowest BCUT2D eigenvalue weighted by Gasteiger charge is -2.42. The Bertz CT molecular complexity index is 813. The summed E-state index contributed by atoms with van der Waals surface area (Å²) in [7, 11) is 0. The Hall–Kier alpha value is -2.12. The minimum absolute atomic E-state index is 0.0860. The zero-order valence-corrected chi connectivity index (χ0v) is 17.2. The SMILES string of the molecule is CCOc1ccc(CNC[C@@]2(O)CCN(C(=O)c3ccc(Cl)cc3)C[C@@H]2O)cc1. The summed E-state index contributed by atoms with van der Waals surface area (Å²) in [6, 6.07) is 14.4. The van der Waals surface area contributed by atoms with Crippen LogP contribution in [0.25, 0.3) is 0 Å². The van der Waals surface area contributed by atoms with Crippen molar-refractivity contribution in [3.63, 3.8) is 0 Å². The van der Waals surface area contributed by atoms with Crippen LogP contribution in [0.2, 0.25) is 5.02 Å². The summed E-state index contributed by atoms with van der Waals surface area (Å²) in [4.78, 5) is 14.2. The molecule has 3 N–H and O–H groups in total. The zero-order valence-electron chi connectivity index (χ0n) is 16.5. The molecule has 0 spiro atoms. The van der Waals surface area contributed by atoms with Gasteiger partial charge < -0.3 is 25.2 Å². The van der Waals surface area contributed by atoms with Gasteiger partial charge in [0.15, 0.2) is 0 Å². The second-order valence-corrected chi connectivity index (χ2v) is 7.74. The van der Waals surface area contributed by atoms with Crippen LogP contribution in [0.15, 0.2) is 48.5 Å². The quantitative estimate of drug-likeness (QED) is 0.643. The van der Waals surface area contributed by atoms with Gasteiger partial charge >= 0.3 is 0 Å². The summed E-state index contributed by atoms with van der Waals surface area (Å²) in [6.45, 7) is 3.83. The Kier molecular flexibility index (Phi) is 7.14. The number of amides is 1. The number of halogens is 1. The number of nitrogens with zero attached hydrogens (tertiary/aromatic N) is 1. The van der Waals surface area contributed by atoms with Crippen LogP contribution in [-0.2, 0) is 6.54 Å². The van der Waals surface area contributed by atoms with Crippen LogP contribution in [0.5, 0.6) is 5.75 Å². The third-order valence-electron chi connectivity index (χ3n) is 5.20. The molecule has 0 aromatic heterocycles. The van der Waals surface area contributed by atoms with E-state index < -0.39 is 11.7 Å². The van der Waals surface area contributed by atoms with Crippen molar-refractivity contribution in [2.24, 2.45) is 0 Å². The van der Waals surface area contributed by atoms with Gasteiger partial charge in [0.1, 0.15) is 17.5 Å². The number of aliphatic hydroxyl groups excluding tert-OH is 1. The van der Waals surface area contributed by atoms with Crippen molar-refractivity contribution in [1.82, 2.24) is 10.2 Å². The molecule has 0 radical (unpaired) electrons. The molecule has 2 aromatic carbocycles.